The van der Waals surface area contributed by atoms with Gasteiger partial charge in [0.15, 0.2) is 0 Å². The Kier molecular flexibility index (Phi) is 5.94. The number of rotatable bonds is 4. The smallest absolute Gasteiger partial charge is 0.227 e. The molecule has 0 radical (unpaired) electrons. The first-order chi connectivity index (χ1) is 12.5. The summed E-state index contributed by atoms with van der Waals surface area (Å²) in [6.45, 7) is 1.94. The van der Waals surface area contributed by atoms with Crippen LogP contribution in [-0.4, -0.2) is 11.8 Å². The van der Waals surface area contributed by atoms with Crippen LogP contribution in [-0.2, 0) is 9.59 Å². The molecule has 136 valence electrons. The average molecular weight is 371 g/mol. The Balaban J connectivity index is 1.52. The van der Waals surface area contributed by atoms with Gasteiger partial charge in [-0.1, -0.05) is 35.9 Å². The molecule has 1 aliphatic rings. The number of hydrogen-bond donors (Lipinski definition) is 2. The van der Waals surface area contributed by atoms with E-state index in [0.29, 0.717) is 5.02 Å². The Morgan fingerprint density at radius 3 is 2.08 bits per heavy atom. The Morgan fingerprint density at radius 2 is 1.46 bits per heavy atom. The van der Waals surface area contributed by atoms with Crippen molar-refractivity contribution in [3.05, 3.63) is 59.1 Å². The lowest BCUT2D eigenvalue weighted by molar-refractivity contribution is -0.125. The molecule has 2 aromatic rings. The van der Waals surface area contributed by atoms with E-state index in [4.69, 9.17) is 11.6 Å². The van der Waals surface area contributed by atoms with E-state index in [0.717, 1.165) is 42.6 Å². The maximum Gasteiger partial charge on any atom is 0.227 e. The minimum Gasteiger partial charge on any atom is -0.326 e. The van der Waals surface area contributed by atoms with Crippen LogP contribution in [0.4, 0.5) is 11.4 Å². The molecule has 1 aliphatic carbocycles. The quantitative estimate of drug-likeness (QED) is 0.792. The van der Waals surface area contributed by atoms with Crippen molar-refractivity contribution in [2.75, 3.05) is 10.6 Å². The Morgan fingerprint density at radius 1 is 0.885 bits per heavy atom. The average Bonchev–Trinajstić information content (AvgIpc) is 2.65. The van der Waals surface area contributed by atoms with E-state index in [1.165, 1.54) is 0 Å². The molecule has 0 spiro atoms. The molecule has 2 amide bonds. The van der Waals surface area contributed by atoms with Crippen LogP contribution in [0.1, 0.15) is 31.2 Å². The molecule has 26 heavy (non-hydrogen) atoms. The Labute approximate surface area is 158 Å². The van der Waals surface area contributed by atoms with E-state index in [1.807, 2.05) is 49.4 Å². The van der Waals surface area contributed by atoms with Crippen molar-refractivity contribution in [2.24, 2.45) is 11.8 Å². The van der Waals surface area contributed by atoms with E-state index in [-0.39, 0.29) is 23.7 Å². The number of halogens is 1. The number of carbonyl (C=O) groups excluding carboxylic acids is 2. The lowest BCUT2D eigenvalue weighted by Gasteiger charge is -2.27. The monoisotopic (exact) mass is 370 g/mol. The highest BCUT2D eigenvalue weighted by Crippen LogP contribution is 2.31. The van der Waals surface area contributed by atoms with Gasteiger partial charge in [0, 0.05) is 28.2 Å². The third kappa shape index (κ3) is 4.64. The van der Waals surface area contributed by atoms with Crippen molar-refractivity contribution in [2.45, 2.75) is 32.6 Å². The number of aryl methyl sites for hydroxylation is 1. The number of amides is 2. The summed E-state index contributed by atoms with van der Waals surface area (Å²) in [7, 11) is 0. The van der Waals surface area contributed by atoms with E-state index >= 15 is 0 Å². The van der Waals surface area contributed by atoms with Crippen LogP contribution >= 0.6 is 11.6 Å². The van der Waals surface area contributed by atoms with Crippen LogP contribution in [0.25, 0.3) is 0 Å². The standard InChI is InChI=1S/C21H23ClN2O2/c1-14-7-12-17(22)13-19(14)24-21(26)16-10-8-15(9-11-16)20(25)23-18-5-3-2-4-6-18/h2-7,12-13,15-16H,8-11H2,1H3,(H,23,25)(H,24,26). The zero-order valence-corrected chi connectivity index (χ0v) is 15.6. The second kappa shape index (κ2) is 8.37. The molecule has 0 bridgehead atoms. The maximum absolute atomic E-state index is 12.5. The summed E-state index contributed by atoms with van der Waals surface area (Å²) in [6.07, 6.45) is 2.90. The molecule has 0 unspecified atom stereocenters. The van der Waals surface area contributed by atoms with Gasteiger partial charge in [-0.2, -0.15) is 0 Å². The zero-order chi connectivity index (χ0) is 18.5. The molecule has 0 saturated heterocycles. The summed E-state index contributed by atoms with van der Waals surface area (Å²) in [6, 6.07) is 14.9. The number of benzene rings is 2. The maximum atomic E-state index is 12.5. The van der Waals surface area contributed by atoms with Gasteiger partial charge in [-0.3, -0.25) is 9.59 Å². The first-order valence-electron chi connectivity index (χ1n) is 8.96. The van der Waals surface area contributed by atoms with Crippen LogP contribution in [0.15, 0.2) is 48.5 Å². The van der Waals surface area contributed by atoms with Crippen molar-refractivity contribution in [1.29, 1.82) is 0 Å². The molecule has 0 heterocycles. The van der Waals surface area contributed by atoms with E-state index in [2.05, 4.69) is 10.6 Å². The van der Waals surface area contributed by atoms with Crippen molar-refractivity contribution < 1.29 is 9.59 Å². The molecule has 4 nitrogen and oxygen atoms in total. The van der Waals surface area contributed by atoms with Crippen molar-refractivity contribution in [3.63, 3.8) is 0 Å². The highest BCUT2D eigenvalue weighted by atomic mass is 35.5. The van der Waals surface area contributed by atoms with Gasteiger partial charge >= 0.3 is 0 Å². The first kappa shape index (κ1) is 18.5. The number of hydrogen-bond acceptors (Lipinski definition) is 2. The van der Waals surface area contributed by atoms with Crippen molar-refractivity contribution in [1.82, 2.24) is 0 Å². The molecular formula is C21H23ClN2O2. The number of nitrogens with one attached hydrogen (secondary N) is 2. The van der Waals surface area contributed by atoms with Gasteiger partial charge in [0.05, 0.1) is 0 Å². The zero-order valence-electron chi connectivity index (χ0n) is 14.8. The number of anilines is 2. The number of para-hydroxylation sites is 1. The Bertz CT molecular complexity index is 784. The molecule has 0 aromatic heterocycles. The van der Waals surface area contributed by atoms with Crippen molar-refractivity contribution >= 4 is 34.8 Å². The predicted molar refractivity (Wildman–Crippen MR) is 105 cm³/mol. The summed E-state index contributed by atoms with van der Waals surface area (Å²) in [5, 5.41) is 6.54. The first-order valence-corrected chi connectivity index (χ1v) is 9.33. The van der Waals surface area contributed by atoms with E-state index in [1.54, 1.807) is 6.07 Å². The molecule has 0 atom stereocenters. The minimum atomic E-state index is -0.0610. The molecule has 1 saturated carbocycles. The predicted octanol–water partition coefficient (Wildman–Crippen LogP) is 5.03. The highest BCUT2D eigenvalue weighted by molar-refractivity contribution is 6.31. The summed E-state index contributed by atoms with van der Waals surface area (Å²) in [5.41, 5.74) is 2.55. The lowest BCUT2D eigenvalue weighted by Crippen LogP contribution is -2.32. The van der Waals surface area contributed by atoms with Crippen LogP contribution in [0, 0.1) is 18.8 Å². The van der Waals surface area contributed by atoms with Gasteiger partial charge in [-0.15, -0.1) is 0 Å². The second-order valence-electron chi connectivity index (χ2n) is 6.85. The van der Waals surface area contributed by atoms with Gasteiger partial charge < -0.3 is 10.6 Å². The molecule has 2 aromatic carbocycles. The van der Waals surface area contributed by atoms with Crippen LogP contribution in [0.2, 0.25) is 5.02 Å². The fourth-order valence-corrected chi connectivity index (χ4v) is 3.52. The summed E-state index contributed by atoms with van der Waals surface area (Å²) >= 11 is 6.01. The largest absolute Gasteiger partial charge is 0.326 e. The molecule has 3 rings (SSSR count). The highest BCUT2D eigenvalue weighted by Gasteiger charge is 2.30. The molecule has 2 N–H and O–H groups in total. The Hall–Kier alpha value is -2.33. The molecular weight excluding hydrogens is 348 g/mol. The SMILES string of the molecule is Cc1ccc(Cl)cc1NC(=O)C1CCC(C(=O)Nc2ccccc2)CC1. The van der Waals surface area contributed by atoms with Crippen LogP contribution < -0.4 is 10.6 Å². The van der Waals surface area contributed by atoms with Gasteiger partial charge in [-0.25, -0.2) is 0 Å². The molecule has 1 fully saturated rings. The van der Waals surface area contributed by atoms with Gasteiger partial charge in [0.2, 0.25) is 11.8 Å². The van der Waals surface area contributed by atoms with Crippen LogP contribution in [0.3, 0.4) is 0 Å². The fourth-order valence-electron chi connectivity index (χ4n) is 3.35. The van der Waals surface area contributed by atoms with Gasteiger partial charge in [0.1, 0.15) is 0 Å². The molecule has 0 aliphatic heterocycles. The minimum absolute atomic E-state index is 0.0114. The summed E-state index contributed by atoms with van der Waals surface area (Å²) in [5.74, 6) is -0.0423. The second-order valence-corrected chi connectivity index (χ2v) is 7.29. The third-order valence-electron chi connectivity index (χ3n) is 4.97. The van der Waals surface area contributed by atoms with E-state index in [9.17, 15) is 9.59 Å². The number of carbonyl (C=O) groups is 2. The normalized spacial score (nSPS) is 19.6. The lowest BCUT2D eigenvalue weighted by atomic mass is 9.81. The topological polar surface area (TPSA) is 58.2 Å². The van der Waals surface area contributed by atoms with Gasteiger partial charge in [-0.05, 0) is 62.4 Å². The molecule has 5 heteroatoms. The fraction of sp³-hybridized carbons (Fsp3) is 0.333. The third-order valence-corrected chi connectivity index (χ3v) is 5.20. The van der Waals surface area contributed by atoms with Crippen molar-refractivity contribution in [3.8, 4) is 0 Å². The summed E-state index contributed by atoms with van der Waals surface area (Å²) in [4.78, 5) is 24.9. The summed E-state index contributed by atoms with van der Waals surface area (Å²) < 4.78 is 0. The van der Waals surface area contributed by atoms with Crippen LogP contribution in [0.5, 0.6) is 0 Å². The van der Waals surface area contributed by atoms with Gasteiger partial charge in [0.25, 0.3) is 0 Å². The van der Waals surface area contributed by atoms with E-state index < -0.39 is 0 Å².